The summed E-state index contributed by atoms with van der Waals surface area (Å²) in [6.45, 7) is 4.03. The first-order valence-corrected chi connectivity index (χ1v) is 7.97. The van der Waals surface area contributed by atoms with E-state index in [0.29, 0.717) is 12.2 Å². The van der Waals surface area contributed by atoms with Gasteiger partial charge in [-0.1, -0.05) is 0 Å². The highest BCUT2D eigenvalue weighted by atomic mass is 32.2. The van der Waals surface area contributed by atoms with Crippen LogP contribution in [-0.4, -0.2) is 30.4 Å². The first-order valence-electron chi connectivity index (χ1n) is 5.27. The van der Waals surface area contributed by atoms with Crippen molar-refractivity contribution >= 4 is 21.2 Å². The van der Waals surface area contributed by atoms with Crippen LogP contribution in [0.1, 0.15) is 31.2 Å². The molecule has 90 valence electrons. The van der Waals surface area contributed by atoms with Crippen molar-refractivity contribution in [1.82, 2.24) is 10.3 Å². The number of nitrogens with one attached hydrogen (secondary N) is 1. The van der Waals surface area contributed by atoms with Gasteiger partial charge in [0, 0.05) is 22.7 Å². The molecule has 0 spiro atoms. The summed E-state index contributed by atoms with van der Waals surface area (Å²) >= 11 is 1.59. The summed E-state index contributed by atoms with van der Waals surface area (Å²) in [7, 11) is -2.84. The zero-order valence-electron chi connectivity index (χ0n) is 9.43. The van der Waals surface area contributed by atoms with E-state index in [1.165, 1.54) is 0 Å². The third-order valence-corrected chi connectivity index (χ3v) is 5.81. The Labute approximate surface area is 100 Å². The van der Waals surface area contributed by atoms with Crippen LogP contribution in [-0.2, 0) is 9.84 Å². The summed E-state index contributed by atoms with van der Waals surface area (Å²) < 4.78 is 22.9. The SMILES string of the molecule is CC(NC1(C)CCS(=O)(=O)C1)c1cncs1. The lowest BCUT2D eigenvalue weighted by Crippen LogP contribution is -2.44. The molecule has 1 N–H and O–H groups in total. The Morgan fingerprint density at radius 2 is 2.38 bits per heavy atom. The van der Waals surface area contributed by atoms with E-state index in [-0.39, 0.29) is 17.3 Å². The van der Waals surface area contributed by atoms with Crippen LogP contribution >= 0.6 is 11.3 Å². The molecule has 16 heavy (non-hydrogen) atoms. The maximum atomic E-state index is 11.5. The largest absolute Gasteiger partial charge is 0.303 e. The third-order valence-electron chi connectivity index (χ3n) is 2.95. The molecule has 1 aromatic heterocycles. The molecular weight excluding hydrogens is 244 g/mol. The van der Waals surface area contributed by atoms with Crippen LogP contribution < -0.4 is 5.32 Å². The van der Waals surface area contributed by atoms with E-state index < -0.39 is 9.84 Å². The molecule has 2 unspecified atom stereocenters. The lowest BCUT2D eigenvalue weighted by Gasteiger charge is -2.27. The normalized spacial score (nSPS) is 30.4. The Hall–Kier alpha value is -0.460. The van der Waals surface area contributed by atoms with Crippen LogP contribution in [0.4, 0.5) is 0 Å². The predicted octanol–water partition coefficient (Wildman–Crippen LogP) is 1.37. The molecule has 0 radical (unpaired) electrons. The highest BCUT2D eigenvalue weighted by Crippen LogP contribution is 2.27. The van der Waals surface area contributed by atoms with Gasteiger partial charge in [0.15, 0.2) is 9.84 Å². The summed E-state index contributed by atoms with van der Waals surface area (Å²) in [4.78, 5) is 5.17. The van der Waals surface area contributed by atoms with E-state index in [2.05, 4.69) is 10.3 Å². The molecule has 0 amide bonds. The molecule has 0 saturated carbocycles. The molecule has 1 aliphatic heterocycles. The number of hydrogen-bond donors (Lipinski definition) is 1. The number of aromatic nitrogens is 1. The van der Waals surface area contributed by atoms with Crippen LogP contribution in [0.3, 0.4) is 0 Å². The minimum absolute atomic E-state index is 0.158. The van der Waals surface area contributed by atoms with Gasteiger partial charge in [0.2, 0.25) is 0 Å². The van der Waals surface area contributed by atoms with Crippen molar-refractivity contribution in [2.24, 2.45) is 0 Å². The molecule has 2 atom stereocenters. The smallest absolute Gasteiger partial charge is 0.152 e. The zero-order valence-corrected chi connectivity index (χ0v) is 11.1. The molecule has 0 aliphatic carbocycles. The van der Waals surface area contributed by atoms with Crippen LogP contribution in [0, 0.1) is 0 Å². The van der Waals surface area contributed by atoms with E-state index in [0.717, 1.165) is 4.88 Å². The van der Waals surface area contributed by atoms with Gasteiger partial charge in [0.1, 0.15) is 0 Å². The van der Waals surface area contributed by atoms with Crippen molar-refractivity contribution < 1.29 is 8.42 Å². The van der Waals surface area contributed by atoms with Crippen molar-refractivity contribution in [3.8, 4) is 0 Å². The second kappa shape index (κ2) is 4.09. The van der Waals surface area contributed by atoms with Gasteiger partial charge in [-0.15, -0.1) is 11.3 Å². The Balaban J connectivity index is 2.05. The molecule has 4 nitrogen and oxygen atoms in total. The minimum atomic E-state index is -2.84. The number of rotatable bonds is 3. The van der Waals surface area contributed by atoms with E-state index >= 15 is 0 Å². The average molecular weight is 260 g/mol. The molecule has 2 rings (SSSR count). The summed E-state index contributed by atoms with van der Waals surface area (Å²) in [5.74, 6) is 0.537. The summed E-state index contributed by atoms with van der Waals surface area (Å²) in [6, 6.07) is 0.158. The highest BCUT2D eigenvalue weighted by molar-refractivity contribution is 7.91. The van der Waals surface area contributed by atoms with Gasteiger partial charge < -0.3 is 5.32 Å². The number of thiazole rings is 1. The quantitative estimate of drug-likeness (QED) is 0.892. The Morgan fingerprint density at radius 1 is 1.62 bits per heavy atom. The molecule has 1 aliphatic rings. The molecule has 1 aromatic rings. The predicted molar refractivity (Wildman–Crippen MR) is 65.3 cm³/mol. The summed E-state index contributed by atoms with van der Waals surface area (Å²) in [5.41, 5.74) is 1.50. The average Bonchev–Trinajstić information content (AvgIpc) is 2.73. The van der Waals surface area contributed by atoms with E-state index in [1.54, 1.807) is 16.8 Å². The zero-order chi connectivity index (χ0) is 11.8. The van der Waals surface area contributed by atoms with Gasteiger partial charge in [-0.25, -0.2) is 8.42 Å². The number of hydrogen-bond acceptors (Lipinski definition) is 5. The molecule has 2 heterocycles. The Morgan fingerprint density at radius 3 is 2.88 bits per heavy atom. The van der Waals surface area contributed by atoms with Gasteiger partial charge in [-0.05, 0) is 20.3 Å². The summed E-state index contributed by atoms with van der Waals surface area (Å²) in [6.07, 6.45) is 2.52. The Kier molecular flexibility index (Phi) is 3.07. The fourth-order valence-corrected chi connectivity index (χ4v) is 4.89. The second-order valence-electron chi connectivity index (χ2n) is 4.67. The van der Waals surface area contributed by atoms with Crippen molar-refractivity contribution in [1.29, 1.82) is 0 Å². The monoisotopic (exact) mass is 260 g/mol. The fourth-order valence-electron chi connectivity index (χ4n) is 2.16. The molecule has 1 fully saturated rings. The van der Waals surface area contributed by atoms with E-state index in [4.69, 9.17) is 0 Å². The third kappa shape index (κ3) is 2.61. The van der Waals surface area contributed by atoms with Crippen molar-refractivity contribution in [3.05, 3.63) is 16.6 Å². The van der Waals surface area contributed by atoms with Crippen molar-refractivity contribution in [2.45, 2.75) is 31.8 Å². The van der Waals surface area contributed by atoms with Gasteiger partial charge in [-0.3, -0.25) is 4.98 Å². The lowest BCUT2D eigenvalue weighted by atomic mass is 10.0. The van der Waals surface area contributed by atoms with Crippen LogP contribution in [0.5, 0.6) is 0 Å². The highest BCUT2D eigenvalue weighted by Gasteiger charge is 2.39. The molecule has 6 heteroatoms. The minimum Gasteiger partial charge on any atom is -0.303 e. The first-order chi connectivity index (χ1) is 7.40. The molecule has 0 aromatic carbocycles. The first kappa shape index (κ1) is 12.0. The van der Waals surface area contributed by atoms with Gasteiger partial charge in [0.05, 0.1) is 17.0 Å². The standard InChI is InChI=1S/C10H16N2O2S2/c1-8(9-5-11-7-15-9)12-10(2)3-4-16(13,14)6-10/h5,7-8,12H,3-4,6H2,1-2H3. The number of nitrogens with zero attached hydrogens (tertiary/aromatic N) is 1. The van der Waals surface area contributed by atoms with E-state index in [1.807, 2.05) is 20.0 Å². The summed E-state index contributed by atoms with van der Waals surface area (Å²) in [5, 5.41) is 3.40. The maximum absolute atomic E-state index is 11.5. The van der Waals surface area contributed by atoms with Gasteiger partial charge in [0.25, 0.3) is 0 Å². The Bertz CT molecular complexity index is 455. The van der Waals surface area contributed by atoms with Crippen molar-refractivity contribution in [2.75, 3.05) is 11.5 Å². The fraction of sp³-hybridized carbons (Fsp3) is 0.700. The lowest BCUT2D eigenvalue weighted by molar-refractivity contribution is 0.357. The molecular formula is C10H16N2O2S2. The number of sulfone groups is 1. The van der Waals surface area contributed by atoms with Crippen molar-refractivity contribution in [3.63, 3.8) is 0 Å². The second-order valence-corrected chi connectivity index (χ2v) is 7.77. The van der Waals surface area contributed by atoms with Crippen LogP contribution in [0.2, 0.25) is 0 Å². The van der Waals surface area contributed by atoms with E-state index in [9.17, 15) is 8.42 Å². The molecule has 0 bridgehead atoms. The molecule has 1 saturated heterocycles. The van der Waals surface area contributed by atoms with Crippen LogP contribution in [0.15, 0.2) is 11.7 Å². The van der Waals surface area contributed by atoms with Gasteiger partial charge in [-0.2, -0.15) is 0 Å². The van der Waals surface area contributed by atoms with Crippen LogP contribution in [0.25, 0.3) is 0 Å². The maximum Gasteiger partial charge on any atom is 0.152 e. The van der Waals surface area contributed by atoms with Gasteiger partial charge >= 0.3 is 0 Å². The topological polar surface area (TPSA) is 59.1 Å².